The monoisotopic (exact) mass is 454 g/mol. The fraction of sp³-hybridized carbons (Fsp3) is 0.750. The van der Waals surface area contributed by atoms with Crippen molar-refractivity contribution in [3.8, 4) is 0 Å². The van der Waals surface area contributed by atoms with Crippen LogP contribution in [-0.2, 0) is 6.54 Å². The smallest absolute Gasteiger partial charge is 0.191 e. The number of thioether (sulfide) groups is 1. The molecule has 1 aromatic heterocycles. The molecule has 0 aliphatic carbocycles. The molecule has 0 radical (unpaired) electrons. The van der Waals surface area contributed by atoms with Crippen LogP contribution in [0.25, 0.3) is 0 Å². The molecule has 134 valence electrons. The minimum atomic E-state index is 0. The zero-order valence-electron chi connectivity index (χ0n) is 14.7. The van der Waals surface area contributed by atoms with E-state index in [1.807, 2.05) is 17.8 Å². The number of halogens is 1. The molecule has 1 aromatic rings. The molecule has 5 nitrogen and oxygen atoms in total. The highest BCUT2D eigenvalue weighted by Crippen LogP contribution is 2.22. The van der Waals surface area contributed by atoms with Crippen molar-refractivity contribution in [2.75, 3.05) is 25.1 Å². The molecule has 0 aliphatic heterocycles. The summed E-state index contributed by atoms with van der Waals surface area (Å²) in [5.74, 6) is 3.31. The minimum Gasteiger partial charge on any atom is -0.359 e. The van der Waals surface area contributed by atoms with Crippen molar-refractivity contribution in [3.63, 3.8) is 0 Å². The highest BCUT2D eigenvalue weighted by Gasteiger charge is 2.12. The van der Waals surface area contributed by atoms with Crippen molar-refractivity contribution in [2.24, 2.45) is 4.99 Å². The van der Waals surface area contributed by atoms with Crippen LogP contribution in [-0.4, -0.2) is 36.2 Å². The van der Waals surface area contributed by atoms with Gasteiger partial charge >= 0.3 is 0 Å². The predicted octanol–water partition coefficient (Wildman–Crippen LogP) is 4.00. The second-order valence-electron chi connectivity index (χ2n) is 5.20. The Kier molecular flexibility index (Phi) is 13.7. The summed E-state index contributed by atoms with van der Waals surface area (Å²) in [6.45, 7) is 8.74. The van der Waals surface area contributed by atoms with E-state index in [1.165, 1.54) is 0 Å². The second-order valence-corrected chi connectivity index (χ2v) is 6.19. The van der Waals surface area contributed by atoms with Gasteiger partial charge in [0.15, 0.2) is 11.7 Å². The van der Waals surface area contributed by atoms with Gasteiger partial charge in [-0.2, -0.15) is 11.8 Å². The quantitative estimate of drug-likeness (QED) is 0.242. The SMILES string of the molecule is CCNC(=NCc1cc(C(CC)CC)no1)NCCCSC.I. The van der Waals surface area contributed by atoms with Crippen LogP contribution in [0.15, 0.2) is 15.6 Å². The Labute approximate surface area is 161 Å². The first kappa shape index (κ1) is 22.6. The zero-order chi connectivity index (χ0) is 16.2. The number of rotatable bonds is 10. The summed E-state index contributed by atoms with van der Waals surface area (Å²) in [4.78, 5) is 4.56. The second kappa shape index (κ2) is 13.9. The van der Waals surface area contributed by atoms with Gasteiger partial charge in [-0.1, -0.05) is 19.0 Å². The Morgan fingerprint density at radius 2 is 2.04 bits per heavy atom. The van der Waals surface area contributed by atoms with Gasteiger partial charge in [-0.15, -0.1) is 24.0 Å². The lowest BCUT2D eigenvalue weighted by Gasteiger charge is -2.10. The van der Waals surface area contributed by atoms with Crippen molar-refractivity contribution in [2.45, 2.75) is 52.5 Å². The fourth-order valence-electron chi connectivity index (χ4n) is 2.22. The lowest BCUT2D eigenvalue weighted by Crippen LogP contribution is -2.37. The summed E-state index contributed by atoms with van der Waals surface area (Å²) in [5, 5.41) is 10.8. The maximum absolute atomic E-state index is 5.40. The molecule has 0 bridgehead atoms. The van der Waals surface area contributed by atoms with Crippen LogP contribution in [0.4, 0.5) is 0 Å². The Bertz CT molecular complexity index is 435. The molecule has 0 saturated heterocycles. The number of aromatic nitrogens is 1. The summed E-state index contributed by atoms with van der Waals surface area (Å²) >= 11 is 1.86. The van der Waals surface area contributed by atoms with Gasteiger partial charge < -0.3 is 15.2 Å². The van der Waals surface area contributed by atoms with Crippen LogP contribution in [0, 0.1) is 0 Å². The average molecular weight is 454 g/mol. The molecule has 0 fully saturated rings. The molecule has 0 amide bonds. The number of hydrogen-bond donors (Lipinski definition) is 2. The van der Waals surface area contributed by atoms with Crippen LogP contribution in [0.3, 0.4) is 0 Å². The Balaban J connectivity index is 0.00000484. The predicted molar refractivity (Wildman–Crippen MR) is 111 cm³/mol. The lowest BCUT2D eigenvalue weighted by molar-refractivity contribution is 0.372. The van der Waals surface area contributed by atoms with E-state index in [9.17, 15) is 0 Å². The van der Waals surface area contributed by atoms with Crippen molar-refractivity contribution in [1.82, 2.24) is 15.8 Å². The van der Waals surface area contributed by atoms with E-state index in [-0.39, 0.29) is 24.0 Å². The van der Waals surface area contributed by atoms with Gasteiger partial charge in [0.25, 0.3) is 0 Å². The first-order valence-electron chi connectivity index (χ1n) is 8.21. The van der Waals surface area contributed by atoms with Crippen LogP contribution < -0.4 is 10.6 Å². The third-order valence-electron chi connectivity index (χ3n) is 3.54. The fourth-order valence-corrected chi connectivity index (χ4v) is 2.66. The molecule has 2 N–H and O–H groups in total. The largest absolute Gasteiger partial charge is 0.359 e. The Morgan fingerprint density at radius 1 is 1.30 bits per heavy atom. The van der Waals surface area contributed by atoms with Crippen LogP contribution in [0.5, 0.6) is 0 Å². The molecule has 0 aromatic carbocycles. The summed E-state index contributed by atoms with van der Waals surface area (Å²) in [5.41, 5.74) is 1.05. The minimum absolute atomic E-state index is 0. The van der Waals surface area contributed by atoms with Gasteiger partial charge in [0.1, 0.15) is 6.54 Å². The van der Waals surface area contributed by atoms with Crippen molar-refractivity contribution >= 4 is 41.7 Å². The van der Waals surface area contributed by atoms with Crippen molar-refractivity contribution in [3.05, 3.63) is 17.5 Å². The Morgan fingerprint density at radius 3 is 2.65 bits per heavy atom. The summed E-state index contributed by atoms with van der Waals surface area (Å²) in [6, 6.07) is 2.04. The van der Waals surface area contributed by atoms with Crippen LogP contribution >= 0.6 is 35.7 Å². The molecule has 7 heteroatoms. The maximum Gasteiger partial charge on any atom is 0.191 e. The molecule has 0 spiro atoms. The van der Waals surface area contributed by atoms with Gasteiger partial charge in [-0.25, -0.2) is 4.99 Å². The van der Waals surface area contributed by atoms with Crippen molar-refractivity contribution in [1.29, 1.82) is 0 Å². The lowest BCUT2D eigenvalue weighted by atomic mass is 9.99. The highest BCUT2D eigenvalue weighted by atomic mass is 127. The van der Waals surface area contributed by atoms with Gasteiger partial charge in [0, 0.05) is 25.1 Å². The molecular weight excluding hydrogens is 423 g/mol. The third kappa shape index (κ3) is 8.83. The van der Waals surface area contributed by atoms with Crippen LogP contribution in [0.2, 0.25) is 0 Å². The number of hydrogen-bond acceptors (Lipinski definition) is 4. The van der Waals surface area contributed by atoms with E-state index in [2.05, 4.69) is 47.8 Å². The number of nitrogens with one attached hydrogen (secondary N) is 2. The average Bonchev–Trinajstić information content (AvgIpc) is 2.99. The summed E-state index contributed by atoms with van der Waals surface area (Å²) in [7, 11) is 0. The third-order valence-corrected chi connectivity index (χ3v) is 4.23. The summed E-state index contributed by atoms with van der Waals surface area (Å²) in [6.07, 6.45) is 5.43. The van der Waals surface area contributed by atoms with E-state index in [1.54, 1.807) is 0 Å². The highest BCUT2D eigenvalue weighted by molar-refractivity contribution is 14.0. The first-order valence-corrected chi connectivity index (χ1v) is 9.61. The molecule has 0 aliphatic rings. The van der Waals surface area contributed by atoms with E-state index in [4.69, 9.17) is 4.52 Å². The van der Waals surface area contributed by atoms with Gasteiger partial charge in [0.05, 0.1) is 5.69 Å². The normalized spacial score (nSPS) is 11.4. The maximum atomic E-state index is 5.40. The molecule has 0 unspecified atom stereocenters. The van der Waals surface area contributed by atoms with E-state index >= 15 is 0 Å². The van der Waals surface area contributed by atoms with E-state index in [0.717, 1.165) is 55.5 Å². The molecule has 1 heterocycles. The number of nitrogens with zero attached hydrogens (tertiary/aromatic N) is 2. The van der Waals surface area contributed by atoms with Gasteiger partial charge in [-0.05, 0) is 38.2 Å². The molecular formula is C16H31IN4OS. The summed E-state index contributed by atoms with van der Waals surface area (Å²) < 4.78 is 5.40. The standard InChI is InChI=1S/C16H30N4OS.HI/c1-5-13(6-2)15-11-14(21-20-15)12-19-16(17-7-3)18-9-8-10-22-4;/h11,13H,5-10,12H2,1-4H3,(H2,17,18,19);1H. The number of guanidine groups is 1. The van der Waals surface area contributed by atoms with Gasteiger partial charge in [-0.3, -0.25) is 0 Å². The topological polar surface area (TPSA) is 62.5 Å². The Hall–Kier alpha value is -0.440. The first-order chi connectivity index (χ1) is 10.7. The molecule has 1 rings (SSSR count). The zero-order valence-corrected chi connectivity index (χ0v) is 17.9. The van der Waals surface area contributed by atoms with Crippen molar-refractivity contribution < 1.29 is 4.52 Å². The molecule has 0 saturated carbocycles. The van der Waals surface area contributed by atoms with E-state index < -0.39 is 0 Å². The molecule has 23 heavy (non-hydrogen) atoms. The van der Waals surface area contributed by atoms with Gasteiger partial charge in [0.2, 0.25) is 0 Å². The van der Waals surface area contributed by atoms with E-state index in [0.29, 0.717) is 12.5 Å². The number of aliphatic imine (C=N–C) groups is 1. The van der Waals surface area contributed by atoms with Crippen LogP contribution in [0.1, 0.15) is 57.4 Å². The molecule has 0 atom stereocenters.